The van der Waals surface area contributed by atoms with Gasteiger partial charge in [0.1, 0.15) is 0 Å². The average Bonchev–Trinajstić information content (AvgIpc) is 2.82. The van der Waals surface area contributed by atoms with Crippen molar-refractivity contribution in [2.24, 2.45) is 0 Å². The Morgan fingerprint density at radius 2 is 0.864 bits per heavy atom. The minimum atomic E-state index is -7.65. The third-order valence-corrected chi connectivity index (χ3v) is 5.96. The molecule has 0 aliphatic heterocycles. The highest BCUT2D eigenvalue weighted by Gasteiger charge is 2.84. The molecule has 0 rings (SSSR count). The molecule has 0 aliphatic rings. The van der Waals surface area contributed by atoms with E-state index < -0.39 is 107 Å². The molecule has 0 amide bonds. The topological polar surface area (TPSA) is 107 Å². The summed E-state index contributed by atoms with van der Waals surface area (Å²) in [6, 6.07) is 0. The van der Waals surface area contributed by atoms with E-state index in [9.17, 15) is 106 Å². The highest BCUT2D eigenvalue weighted by molar-refractivity contribution is 7.87. The Hall–Kier alpha value is -2.55. The molecule has 7 nitrogen and oxygen atoms in total. The monoisotopic (exact) mass is 726 g/mol. The van der Waals surface area contributed by atoms with Crippen LogP contribution >= 0.6 is 0 Å². The van der Waals surface area contributed by atoms with Gasteiger partial charge >= 0.3 is 72.2 Å². The van der Waals surface area contributed by atoms with Crippen molar-refractivity contribution >= 4 is 22.1 Å². The molecule has 0 fully saturated rings. The number of carbonyl (C=O) groups excluding carboxylic acids is 2. The summed E-state index contributed by atoms with van der Waals surface area (Å²) in [5.74, 6) is -64.5. The molecule has 0 saturated heterocycles. The zero-order valence-corrected chi connectivity index (χ0v) is 20.5. The van der Waals surface area contributed by atoms with Crippen molar-refractivity contribution in [1.29, 1.82) is 0 Å². The molecular weight excluding hydrogens is 716 g/mol. The van der Waals surface area contributed by atoms with Crippen molar-refractivity contribution in [2.75, 3.05) is 13.2 Å². The van der Waals surface area contributed by atoms with Gasteiger partial charge in [-0.15, -0.1) is 0 Å². The van der Waals surface area contributed by atoms with Crippen LogP contribution < -0.4 is 0 Å². The summed E-state index contributed by atoms with van der Waals surface area (Å²) in [5.41, 5.74) is 0. The van der Waals surface area contributed by atoms with Gasteiger partial charge < -0.3 is 9.47 Å². The van der Waals surface area contributed by atoms with Crippen LogP contribution in [0.2, 0.25) is 0 Å². The maximum Gasteiger partial charge on any atom is 0.384 e. The number of hydrogen-bond acceptors (Lipinski definition) is 6. The summed E-state index contributed by atoms with van der Waals surface area (Å²) in [5, 5.41) is -3.90. The summed E-state index contributed by atoms with van der Waals surface area (Å²) in [6.45, 7) is -7.22. The van der Waals surface area contributed by atoms with E-state index in [1.807, 2.05) is 0 Å². The molecule has 44 heavy (non-hydrogen) atoms. The molecule has 262 valence electrons. The molecule has 0 saturated carbocycles. The lowest BCUT2D eigenvalue weighted by Crippen LogP contribution is -2.65. The fourth-order valence-electron chi connectivity index (χ4n) is 2.28. The van der Waals surface area contributed by atoms with Crippen LogP contribution in [0.3, 0.4) is 0 Å². The maximum absolute atomic E-state index is 13.6. The van der Waals surface area contributed by atoms with Gasteiger partial charge in [0.2, 0.25) is 0 Å². The Bertz CT molecular complexity index is 1150. The van der Waals surface area contributed by atoms with Crippen molar-refractivity contribution < 1.29 is 120 Å². The van der Waals surface area contributed by atoms with Crippen molar-refractivity contribution in [1.82, 2.24) is 0 Å². The quantitative estimate of drug-likeness (QED) is 0.130. The number of esters is 2. The zero-order valence-electron chi connectivity index (χ0n) is 19.7. The average molecular weight is 726 g/mol. The van der Waals surface area contributed by atoms with Crippen LogP contribution in [0, 0.1) is 0 Å². The molecule has 0 heterocycles. The molecule has 1 atom stereocenters. The minimum absolute atomic E-state index is 2.66. The standard InChI is InChI=1S/C16H10F20O7S/c17-7(18)11(25,26)15(33,34)13(29,30)9(21,22)2-42-5(37)1-4(44(39,40)41)6(38)43-3-10(23,24)14(31,32)16(35,36)12(27,28)8(19)20/h4,7-8H,1-3H2,(H,39,40,41). The van der Waals surface area contributed by atoms with Gasteiger partial charge in [-0.05, 0) is 0 Å². The van der Waals surface area contributed by atoms with E-state index in [0.717, 1.165) is 0 Å². The molecule has 1 unspecified atom stereocenters. The lowest BCUT2D eigenvalue weighted by Gasteiger charge is -2.36. The first-order valence-electron chi connectivity index (χ1n) is 9.88. The molecule has 28 heteroatoms. The minimum Gasteiger partial charge on any atom is -0.459 e. The van der Waals surface area contributed by atoms with E-state index in [1.165, 1.54) is 0 Å². The van der Waals surface area contributed by atoms with Crippen molar-refractivity contribution in [3.05, 3.63) is 0 Å². The summed E-state index contributed by atoms with van der Waals surface area (Å²) >= 11 is 0. The van der Waals surface area contributed by atoms with E-state index in [0.29, 0.717) is 0 Å². The number of rotatable bonds is 16. The van der Waals surface area contributed by atoms with E-state index in [1.54, 1.807) is 0 Å². The van der Waals surface area contributed by atoms with Gasteiger partial charge in [-0.1, -0.05) is 0 Å². The van der Waals surface area contributed by atoms with Crippen LogP contribution in [0.5, 0.6) is 0 Å². The van der Waals surface area contributed by atoms with E-state index >= 15 is 0 Å². The van der Waals surface area contributed by atoms with Crippen LogP contribution in [-0.2, 0) is 29.2 Å². The largest absolute Gasteiger partial charge is 0.459 e. The number of carbonyl (C=O) groups is 2. The van der Waals surface area contributed by atoms with Crippen LogP contribution in [-0.4, -0.2) is 104 Å². The normalized spacial score (nSPS) is 15.9. The van der Waals surface area contributed by atoms with E-state index in [2.05, 4.69) is 9.47 Å². The Morgan fingerprint density at radius 3 is 1.14 bits per heavy atom. The lowest BCUT2D eigenvalue weighted by molar-refractivity contribution is -0.386. The molecule has 0 bridgehead atoms. The van der Waals surface area contributed by atoms with Gasteiger partial charge in [0, 0.05) is 0 Å². The Morgan fingerprint density at radius 1 is 0.568 bits per heavy atom. The maximum atomic E-state index is 13.6. The molecule has 0 aromatic carbocycles. The third-order valence-electron chi connectivity index (χ3n) is 4.88. The SMILES string of the molecule is O=C(CC(C(=O)OCC(F)(F)C(F)(F)C(F)(F)C(F)(F)C(F)F)S(=O)(=O)O)OCC(F)(F)C(F)(F)C(F)(F)C(F)(F)C(F)F. The second kappa shape index (κ2) is 12.3. The van der Waals surface area contributed by atoms with E-state index in [-0.39, 0.29) is 0 Å². The molecule has 0 spiro atoms. The number of alkyl halides is 20. The summed E-state index contributed by atoms with van der Waals surface area (Å²) in [4.78, 5) is 23.0. The molecule has 0 radical (unpaired) electrons. The van der Waals surface area contributed by atoms with Crippen LogP contribution in [0.15, 0.2) is 0 Å². The fraction of sp³-hybridized carbons (Fsp3) is 0.875. The first-order valence-corrected chi connectivity index (χ1v) is 11.4. The predicted octanol–water partition coefficient (Wildman–Crippen LogP) is 5.33. The Labute approximate surface area is 228 Å². The highest BCUT2D eigenvalue weighted by Crippen LogP contribution is 2.55. The van der Waals surface area contributed by atoms with Crippen molar-refractivity contribution in [3.63, 3.8) is 0 Å². The smallest absolute Gasteiger partial charge is 0.384 e. The molecule has 0 aromatic heterocycles. The second-order valence-corrected chi connectivity index (χ2v) is 9.63. The van der Waals surface area contributed by atoms with Crippen LogP contribution in [0.25, 0.3) is 0 Å². The van der Waals surface area contributed by atoms with Gasteiger partial charge in [0.25, 0.3) is 10.1 Å². The van der Waals surface area contributed by atoms with Crippen molar-refractivity contribution in [2.45, 2.75) is 71.9 Å². The van der Waals surface area contributed by atoms with Gasteiger partial charge in [-0.25, -0.2) is 17.6 Å². The van der Waals surface area contributed by atoms with Crippen LogP contribution in [0.1, 0.15) is 6.42 Å². The van der Waals surface area contributed by atoms with Crippen LogP contribution in [0.4, 0.5) is 87.8 Å². The predicted molar refractivity (Wildman–Crippen MR) is 93.5 cm³/mol. The molecular formula is C16H10F20O7S. The summed E-state index contributed by atoms with van der Waals surface area (Å²) in [7, 11) is -6.37. The number of hydrogen-bond donors (Lipinski definition) is 1. The number of halogens is 20. The summed E-state index contributed by atoms with van der Waals surface area (Å²) < 4.78 is 297. The van der Waals surface area contributed by atoms with Gasteiger partial charge in [0.15, 0.2) is 18.5 Å². The van der Waals surface area contributed by atoms with E-state index in [4.69, 9.17) is 4.55 Å². The first kappa shape index (κ1) is 41.4. The lowest BCUT2D eigenvalue weighted by atomic mass is 9.99. The summed E-state index contributed by atoms with van der Waals surface area (Å²) in [6.07, 6.45) is -14.1. The van der Waals surface area contributed by atoms with Crippen molar-refractivity contribution in [3.8, 4) is 0 Å². The first-order chi connectivity index (χ1) is 19.0. The highest BCUT2D eigenvalue weighted by atomic mass is 32.2. The third kappa shape index (κ3) is 7.29. The Kier molecular flexibility index (Phi) is 11.6. The van der Waals surface area contributed by atoms with Gasteiger partial charge in [-0.2, -0.15) is 78.7 Å². The van der Waals surface area contributed by atoms with Gasteiger partial charge in [0.05, 0.1) is 6.42 Å². The molecule has 0 aliphatic carbocycles. The Balaban J connectivity index is 5.92. The number of ether oxygens (including phenoxy) is 2. The molecule has 0 aromatic rings. The fourth-order valence-corrected chi connectivity index (χ4v) is 2.94. The molecule has 1 N–H and O–H groups in total. The second-order valence-electron chi connectivity index (χ2n) is 8.03. The van der Waals surface area contributed by atoms with Gasteiger partial charge in [-0.3, -0.25) is 14.1 Å². The zero-order chi connectivity index (χ0) is 35.9.